The molecular formula is C15H16ClFN4O3S. The van der Waals surface area contributed by atoms with E-state index in [1.165, 1.54) is 12.3 Å². The largest absolute Gasteiger partial charge is 0.477 e. The van der Waals surface area contributed by atoms with Gasteiger partial charge in [-0.25, -0.2) is 14.2 Å². The molecule has 1 aliphatic rings. The highest BCUT2D eigenvalue weighted by molar-refractivity contribution is 7.17. The number of piperidine rings is 1. The number of aromatic amines is 1. The first-order chi connectivity index (χ1) is 11.8. The average Bonchev–Trinajstić information content (AvgIpc) is 3.15. The third-order valence-electron chi connectivity index (χ3n) is 4.00. The molecule has 7 nitrogen and oxygen atoms in total. The van der Waals surface area contributed by atoms with Gasteiger partial charge in [-0.3, -0.25) is 4.79 Å². The first kappa shape index (κ1) is 17.7. The molecular weight excluding hydrogens is 371 g/mol. The highest BCUT2D eigenvalue weighted by Gasteiger charge is 2.32. The van der Waals surface area contributed by atoms with Gasteiger partial charge in [-0.2, -0.15) is 0 Å². The topological polar surface area (TPSA) is 98.3 Å². The Labute approximate surface area is 151 Å². The lowest BCUT2D eigenvalue weighted by molar-refractivity contribution is 0.0700. The van der Waals surface area contributed by atoms with Crippen LogP contribution in [0.2, 0.25) is 5.02 Å². The average molecular weight is 387 g/mol. The summed E-state index contributed by atoms with van der Waals surface area (Å²) in [5, 5.41) is 12.7. The number of thiazole rings is 1. The molecule has 2 aromatic heterocycles. The number of halogens is 2. The van der Waals surface area contributed by atoms with E-state index in [0.717, 1.165) is 11.3 Å². The molecule has 25 heavy (non-hydrogen) atoms. The van der Waals surface area contributed by atoms with Crippen LogP contribution >= 0.6 is 22.9 Å². The number of nitrogens with zero attached hydrogens (tertiary/aromatic N) is 2. The van der Waals surface area contributed by atoms with Gasteiger partial charge >= 0.3 is 5.97 Å². The van der Waals surface area contributed by atoms with Gasteiger partial charge in [-0.05, 0) is 19.4 Å². The van der Waals surface area contributed by atoms with E-state index in [2.05, 4.69) is 15.3 Å². The molecule has 1 amide bonds. The van der Waals surface area contributed by atoms with Crippen LogP contribution in [0.25, 0.3) is 0 Å². The number of alkyl halides is 1. The summed E-state index contributed by atoms with van der Waals surface area (Å²) >= 11 is 6.79. The fourth-order valence-electron chi connectivity index (χ4n) is 2.70. The summed E-state index contributed by atoms with van der Waals surface area (Å²) in [5.74, 6) is -1.45. The van der Waals surface area contributed by atoms with Crippen molar-refractivity contribution in [3.05, 3.63) is 33.6 Å². The second kappa shape index (κ2) is 7.01. The summed E-state index contributed by atoms with van der Waals surface area (Å²) in [4.78, 5) is 32.0. The van der Waals surface area contributed by atoms with Gasteiger partial charge in [0.1, 0.15) is 16.7 Å². The fourth-order valence-corrected chi connectivity index (χ4v) is 3.81. The number of hydrogen-bond acceptors (Lipinski definition) is 5. The Balaban J connectivity index is 1.63. The van der Waals surface area contributed by atoms with Crippen molar-refractivity contribution >= 4 is 39.9 Å². The number of carboxylic acids is 1. The van der Waals surface area contributed by atoms with Gasteiger partial charge in [0.15, 0.2) is 5.13 Å². The van der Waals surface area contributed by atoms with Gasteiger partial charge in [0.05, 0.1) is 23.3 Å². The van der Waals surface area contributed by atoms with E-state index in [-0.39, 0.29) is 17.1 Å². The van der Waals surface area contributed by atoms with Crippen LogP contribution in [0.3, 0.4) is 0 Å². The number of anilines is 1. The van der Waals surface area contributed by atoms with Crippen molar-refractivity contribution in [3.8, 4) is 0 Å². The number of amides is 1. The summed E-state index contributed by atoms with van der Waals surface area (Å²) in [6, 6.07) is 0.858. The monoisotopic (exact) mass is 386 g/mol. The minimum Gasteiger partial charge on any atom is -0.477 e. The molecule has 3 N–H and O–H groups in total. The maximum Gasteiger partial charge on any atom is 0.347 e. The van der Waals surface area contributed by atoms with Crippen molar-refractivity contribution < 1.29 is 19.1 Å². The number of aryl methyl sites for hydroxylation is 1. The maximum absolute atomic E-state index is 14.5. The van der Waals surface area contributed by atoms with Crippen LogP contribution in [0.15, 0.2) is 12.3 Å². The third-order valence-corrected chi connectivity index (χ3v) is 5.42. The second-order valence-electron chi connectivity index (χ2n) is 5.78. The molecule has 0 radical (unpaired) electrons. The lowest BCUT2D eigenvalue weighted by atomic mass is 10.0. The molecule has 3 rings (SSSR count). The summed E-state index contributed by atoms with van der Waals surface area (Å²) in [6.07, 6.45) is 0.583. The molecule has 2 atom stereocenters. The minimum absolute atomic E-state index is 0.0441. The van der Waals surface area contributed by atoms with Crippen LogP contribution in [-0.4, -0.2) is 52.3 Å². The van der Waals surface area contributed by atoms with Gasteiger partial charge in [-0.1, -0.05) is 22.9 Å². The highest BCUT2D eigenvalue weighted by Crippen LogP contribution is 2.29. The predicted molar refractivity (Wildman–Crippen MR) is 92.6 cm³/mol. The first-order valence-electron chi connectivity index (χ1n) is 7.59. The van der Waals surface area contributed by atoms with E-state index in [9.17, 15) is 14.0 Å². The van der Waals surface area contributed by atoms with Gasteiger partial charge in [0, 0.05) is 12.7 Å². The molecule has 0 aromatic carbocycles. The zero-order valence-electron chi connectivity index (χ0n) is 13.3. The molecule has 0 bridgehead atoms. The Kier molecular flexibility index (Phi) is 4.96. The summed E-state index contributed by atoms with van der Waals surface area (Å²) in [5.41, 5.74) is 0.697. The highest BCUT2D eigenvalue weighted by atomic mass is 35.5. The van der Waals surface area contributed by atoms with Crippen molar-refractivity contribution in [2.45, 2.75) is 25.6 Å². The first-order valence-corrected chi connectivity index (χ1v) is 8.79. The van der Waals surface area contributed by atoms with E-state index in [0.29, 0.717) is 28.8 Å². The fraction of sp³-hybridized carbons (Fsp3) is 0.400. The van der Waals surface area contributed by atoms with Crippen LogP contribution in [0.5, 0.6) is 0 Å². The van der Waals surface area contributed by atoms with Gasteiger partial charge in [-0.15, -0.1) is 0 Å². The molecule has 0 unspecified atom stereocenters. The van der Waals surface area contributed by atoms with E-state index in [4.69, 9.17) is 16.7 Å². The number of hydrogen-bond donors (Lipinski definition) is 3. The molecule has 0 aliphatic carbocycles. The number of carbonyl (C=O) groups is 2. The van der Waals surface area contributed by atoms with Crippen LogP contribution in [0, 0.1) is 6.92 Å². The second-order valence-corrected chi connectivity index (χ2v) is 7.19. The van der Waals surface area contributed by atoms with Gasteiger partial charge < -0.3 is 20.3 Å². The normalized spacial score (nSPS) is 20.5. The molecule has 1 saturated heterocycles. The van der Waals surface area contributed by atoms with Crippen LogP contribution in [-0.2, 0) is 0 Å². The summed E-state index contributed by atoms with van der Waals surface area (Å²) < 4.78 is 14.5. The Morgan fingerprint density at radius 2 is 2.32 bits per heavy atom. The molecule has 134 valence electrons. The quantitative estimate of drug-likeness (QED) is 0.749. The molecule has 0 spiro atoms. The number of carboxylic acid groups (broad SMARTS) is 1. The summed E-state index contributed by atoms with van der Waals surface area (Å²) in [7, 11) is 0. The van der Waals surface area contributed by atoms with Crippen molar-refractivity contribution in [3.63, 3.8) is 0 Å². The number of carbonyl (C=O) groups excluding carboxylic acids is 1. The zero-order valence-corrected chi connectivity index (χ0v) is 14.8. The van der Waals surface area contributed by atoms with Crippen molar-refractivity contribution in [2.75, 3.05) is 18.0 Å². The number of H-pyrrole nitrogens is 1. The van der Waals surface area contributed by atoms with Crippen LogP contribution < -0.4 is 10.2 Å². The smallest absolute Gasteiger partial charge is 0.347 e. The molecule has 1 fully saturated rings. The van der Waals surface area contributed by atoms with Crippen molar-refractivity contribution in [1.82, 2.24) is 15.3 Å². The predicted octanol–water partition coefficient (Wildman–Crippen LogP) is 2.48. The van der Waals surface area contributed by atoms with E-state index >= 15 is 0 Å². The lowest BCUT2D eigenvalue weighted by Gasteiger charge is -2.34. The molecule has 10 heteroatoms. The molecule has 0 saturated carbocycles. The number of aromatic nitrogens is 2. The van der Waals surface area contributed by atoms with Crippen molar-refractivity contribution in [2.24, 2.45) is 0 Å². The maximum atomic E-state index is 14.5. The van der Waals surface area contributed by atoms with E-state index in [1.807, 2.05) is 0 Å². The van der Waals surface area contributed by atoms with E-state index in [1.54, 1.807) is 11.8 Å². The van der Waals surface area contributed by atoms with Gasteiger partial charge in [0.25, 0.3) is 5.91 Å². The number of rotatable bonds is 4. The SMILES string of the molecule is Cc1nc(N2CC[C@@H](NC(=O)c3cc(Cl)c[nH]3)[C@@H](F)C2)sc1C(=O)O. The molecule has 1 aliphatic heterocycles. The summed E-state index contributed by atoms with van der Waals surface area (Å²) in [6.45, 7) is 2.14. The Morgan fingerprint density at radius 1 is 1.56 bits per heavy atom. The number of aromatic carboxylic acids is 1. The third kappa shape index (κ3) is 3.77. The Morgan fingerprint density at radius 3 is 2.88 bits per heavy atom. The van der Waals surface area contributed by atoms with E-state index < -0.39 is 24.1 Å². The Hall–Kier alpha value is -2.13. The van der Waals surface area contributed by atoms with Crippen molar-refractivity contribution in [1.29, 1.82) is 0 Å². The minimum atomic E-state index is -1.29. The standard InChI is InChI=1S/C15H16ClFN4O3S/c1-7-12(14(23)24)25-15(19-7)21-3-2-10(9(17)6-21)20-13(22)11-4-8(16)5-18-11/h4-5,9-10,18H,2-3,6H2,1H3,(H,20,22)(H,23,24)/t9-,10+/m0/s1. The number of nitrogens with one attached hydrogen (secondary N) is 2. The van der Waals surface area contributed by atoms with Crippen LogP contribution in [0.1, 0.15) is 32.3 Å². The van der Waals surface area contributed by atoms with Crippen LogP contribution in [0.4, 0.5) is 9.52 Å². The molecule has 3 heterocycles. The van der Waals surface area contributed by atoms with Gasteiger partial charge in [0.2, 0.25) is 0 Å². The zero-order chi connectivity index (χ0) is 18.1. The molecule has 2 aromatic rings. The lowest BCUT2D eigenvalue weighted by Crippen LogP contribution is -2.52. The Bertz CT molecular complexity index is 809.